The number of carbonyl (C=O) groups excluding carboxylic acids is 3. The normalized spacial score (nSPS) is 17.5. The van der Waals surface area contributed by atoms with E-state index in [1.807, 2.05) is 24.3 Å². The Morgan fingerprint density at radius 2 is 2.00 bits per heavy atom. The first-order chi connectivity index (χ1) is 15.7. The summed E-state index contributed by atoms with van der Waals surface area (Å²) in [5, 5.41) is 4.10. The number of aromatic nitrogens is 1. The van der Waals surface area contributed by atoms with E-state index in [0.717, 1.165) is 22.6 Å². The number of hydrogen-bond acceptors (Lipinski definition) is 7. The third kappa shape index (κ3) is 4.97. The first-order valence-corrected chi connectivity index (χ1v) is 10.6. The number of nitrogens with one attached hydrogen (secondary N) is 1. The summed E-state index contributed by atoms with van der Waals surface area (Å²) in [7, 11) is 0. The zero-order valence-electron chi connectivity index (χ0n) is 18.7. The SMILES string of the molecule is CC(C)(C)OC(=O)NCC(=O)N1C/C(=C/Oc2nc3ccoc3c3ccccc23)C[C@H]1C=O. The minimum atomic E-state index is -0.690. The van der Waals surface area contributed by atoms with Crippen LogP contribution in [-0.4, -0.2) is 52.9 Å². The highest BCUT2D eigenvalue weighted by Crippen LogP contribution is 2.32. The molecule has 2 aromatic heterocycles. The molecule has 3 heterocycles. The summed E-state index contributed by atoms with van der Waals surface area (Å²) in [5.41, 5.74) is 1.44. The number of pyridine rings is 1. The van der Waals surface area contributed by atoms with Crippen LogP contribution in [-0.2, 0) is 14.3 Å². The monoisotopic (exact) mass is 451 g/mol. The van der Waals surface area contributed by atoms with Gasteiger partial charge in [-0.3, -0.25) is 4.79 Å². The minimum Gasteiger partial charge on any atom is -0.462 e. The topological polar surface area (TPSA) is 111 Å². The maximum Gasteiger partial charge on any atom is 0.408 e. The van der Waals surface area contributed by atoms with Crippen molar-refractivity contribution in [3.63, 3.8) is 0 Å². The van der Waals surface area contributed by atoms with E-state index in [0.29, 0.717) is 23.4 Å². The minimum absolute atomic E-state index is 0.212. The van der Waals surface area contributed by atoms with Gasteiger partial charge in [0.2, 0.25) is 11.8 Å². The lowest BCUT2D eigenvalue weighted by Gasteiger charge is -2.22. The zero-order valence-corrected chi connectivity index (χ0v) is 18.7. The fourth-order valence-corrected chi connectivity index (χ4v) is 3.68. The van der Waals surface area contributed by atoms with Crippen molar-refractivity contribution in [1.29, 1.82) is 0 Å². The lowest BCUT2D eigenvalue weighted by Crippen LogP contribution is -2.44. The number of furan rings is 1. The van der Waals surface area contributed by atoms with Gasteiger partial charge in [-0.05, 0) is 32.4 Å². The summed E-state index contributed by atoms with van der Waals surface area (Å²) in [5.74, 6) is 0.0239. The molecule has 9 nitrogen and oxygen atoms in total. The van der Waals surface area contributed by atoms with Crippen molar-refractivity contribution in [1.82, 2.24) is 15.2 Å². The van der Waals surface area contributed by atoms with Crippen molar-refractivity contribution in [2.75, 3.05) is 13.1 Å². The molecular formula is C24H25N3O6. The number of aldehydes is 1. The molecule has 1 saturated heterocycles. The second kappa shape index (κ2) is 8.93. The average Bonchev–Trinajstić information content (AvgIpc) is 3.41. The first-order valence-electron chi connectivity index (χ1n) is 10.6. The fraction of sp³-hybridized carbons (Fsp3) is 0.333. The molecule has 172 valence electrons. The molecule has 1 N–H and O–H groups in total. The highest BCUT2D eigenvalue weighted by molar-refractivity contribution is 6.04. The largest absolute Gasteiger partial charge is 0.462 e. The van der Waals surface area contributed by atoms with Crippen LogP contribution in [0.5, 0.6) is 5.88 Å². The van der Waals surface area contributed by atoms with Gasteiger partial charge >= 0.3 is 6.09 Å². The Hall–Kier alpha value is -3.88. The van der Waals surface area contributed by atoms with Crippen LogP contribution in [0, 0.1) is 0 Å². The number of fused-ring (bicyclic) bond motifs is 3. The van der Waals surface area contributed by atoms with Gasteiger partial charge in [0, 0.05) is 29.8 Å². The van der Waals surface area contributed by atoms with Crippen molar-refractivity contribution in [2.24, 2.45) is 0 Å². The standard InChI is InChI=1S/C24H25N3O6/c1-24(2,3)33-23(30)25-11-20(29)27-12-15(10-16(27)13-28)14-32-22-18-7-5-4-6-17(18)21-19(26-22)8-9-31-21/h4-9,13-14,16H,10-12H2,1-3H3,(H,25,30)/b15-14+/t16-/m0/s1. The highest BCUT2D eigenvalue weighted by atomic mass is 16.6. The Kier molecular flexibility index (Phi) is 6.04. The van der Waals surface area contributed by atoms with Crippen LogP contribution < -0.4 is 10.1 Å². The van der Waals surface area contributed by atoms with Gasteiger partial charge < -0.3 is 28.9 Å². The smallest absolute Gasteiger partial charge is 0.408 e. The Morgan fingerprint density at radius 1 is 1.24 bits per heavy atom. The molecule has 9 heteroatoms. The Labute approximate surface area is 190 Å². The lowest BCUT2D eigenvalue weighted by molar-refractivity contribution is -0.133. The lowest BCUT2D eigenvalue weighted by atomic mass is 10.1. The van der Waals surface area contributed by atoms with Crippen LogP contribution >= 0.6 is 0 Å². The summed E-state index contributed by atoms with van der Waals surface area (Å²) in [6.45, 7) is 5.14. The third-order valence-corrected chi connectivity index (χ3v) is 5.11. The third-order valence-electron chi connectivity index (χ3n) is 5.11. The molecule has 1 aliphatic rings. The molecule has 2 amide bonds. The quantitative estimate of drug-likeness (QED) is 0.466. The molecule has 0 bridgehead atoms. The van der Waals surface area contributed by atoms with Crippen LogP contribution in [0.15, 0.2) is 52.8 Å². The molecule has 0 radical (unpaired) electrons. The molecule has 0 aliphatic carbocycles. The molecule has 0 spiro atoms. The van der Waals surface area contributed by atoms with E-state index in [4.69, 9.17) is 13.9 Å². The molecule has 1 atom stereocenters. The van der Waals surface area contributed by atoms with Gasteiger partial charge in [-0.25, -0.2) is 9.78 Å². The number of nitrogens with zero attached hydrogens (tertiary/aromatic N) is 2. The van der Waals surface area contributed by atoms with E-state index in [-0.39, 0.29) is 19.0 Å². The molecule has 3 aromatic rings. The fourth-order valence-electron chi connectivity index (χ4n) is 3.68. The number of amides is 2. The van der Waals surface area contributed by atoms with Gasteiger partial charge in [-0.2, -0.15) is 0 Å². The number of hydrogen-bond donors (Lipinski definition) is 1. The average molecular weight is 451 g/mol. The summed E-state index contributed by atoms with van der Waals surface area (Å²) >= 11 is 0. The van der Waals surface area contributed by atoms with Crippen LogP contribution in [0.4, 0.5) is 4.79 Å². The van der Waals surface area contributed by atoms with Gasteiger partial charge in [0.05, 0.1) is 18.6 Å². The van der Waals surface area contributed by atoms with E-state index in [2.05, 4.69) is 10.3 Å². The molecule has 0 saturated carbocycles. The molecule has 0 unspecified atom stereocenters. The molecular weight excluding hydrogens is 426 g/mol. The second-order valence-corrected chi connectivity index (χ2v) is 8.78. The molecule has 1 fully saturated rings. The van der Waals surface area contributed by atoms with Crippen molar-refractivity contribution in [3.8, 4) is 5.88 Å². The second-order valence-electron chi connectivity index (χ2n) is 8.78. The number of carbonyl (C=O) groups is 3. The Balaban J connectivity index is 1.46. The maximum absolute atomic E-state index is 12.6. The van der Waals surface area contributed by atoms with Gasteiger partial charge in [-0.15, -0.1) is 0 Å². The molecule has 1 aliphatic heterocycles. The van der Waals surface area contributed by atoms with Crippen LogP contribution in [0.1, 0.15) is 27.2 Å². The van der Waals surface area contributed by atoms with E-state index in [9.17, 15) is 14.4 Å². The van der Waals surface area contributed by atoms with E-state index in [1.165, 1.54) is 11.2 Å². The van der Waals surface area contributed by atoms with Gasteiger partial charge in [0.15, 0.2) is 5.58 Å². The van der Waals surface area contributed by atoms with Gasteiger partial charge in [-0.1, -0.05) is 18.2 Å². The summed E-state index contributed by atoms with van der Waals surface area (Å²) in [4.78, 5) is 41.9. The molecule has 1 aromatic carbocycles. The Morgan fingerprint density at radius 3 is 2.73 bits per heavy atom. The van der Waals surface area contributed by atoms with Gasteiger partial charge in [0.1, 0.15) is 23.9 Å². The zero-order chi connectivity index (χ0) is 23.6. The predicted octanol–water partition coefficient (Wildman–Crippen LogP) is 3.57. The van der Waals surface area contributed by atoms with Gasteiger partial charge in [0.25, 0.3) is 0 Å². The number of ether oxygens (including phenoxy) is 2. The van der Waals surface area contributed by atoms with Crippen LogP contribution in [0.2, 0.25) is 0 Å². The van der Waals surface area contributed by atoms with Crippen molar-refractivity contribution >= 4 is 40.2 Å². The van der Waals surface area contributed by atoms with E-state index in [1.54, 1.807) is 33.1 Å². The van der Waals surface area contributed by atoms with Crippen molar-refractivity contribution in [3.05, 3.63) is 48.4 Å². The summed E-state index contributed by atoms with van der Waals surface area (Å²) in [6, 6.07) is 8.74. The Bertz CT molecular complexity index is 1240. The highest BCUT2D eigenvalue weighted by Gasteiger charge is 2.32. The number of likely N-dealkylation sites (tertiary alicyclic amines) is 1. The van der Waals surface area contributed by atoms with Crippen molar-refractivity contribution < 1.29 is 28.3 Å². The number of alkyl carbamates (subject to hydrolysis) is 1. The number of benzene rings is 1. The summed E-state index contributed by atoms with van der Waals surface area (Å²) < 4.78 is 16.6. The number of rotatable bonds is 5. The summed E-state index contributed by atoms with van der Waals surface area (Å²) in [6.07, 6.45) is 3.48. The van der Waals surface area contributed by atoms with E-state index >= 15 is 0 Å². The van der Waals surface area contributed by atoms with Crippen LogP contribution in [0.25, 0.3) is 21.9 Å². The van der Waals surface area contributed by atoms with Crippen LogP contribution in [0.3, 0.4) is 0 Å². The first kappa shape index (κ1) is 22.3. The van der Waals surface area contributed by atoms with E-state index < -0.39 is 17.7 Å². The van der Waals surface area contributed by atoms with Crippen molar-refractivity contribution in [2.45, 2.75) is 38.8 Å². The predicted molar refractivity (Wildman–Crippen MR) is 121 cm³/mol. The molecule has 4 rings (SSSR count). The maximum atomic E-state index is 12.6. The molecule has 33 heavy (non-hydrogen) atoms.